The van der Waals surface area contributed by atoms with Crippen molar-refractivity contribution in [3.63, 3.8) is 0 Å². The fourth-order valence-corrected chi connectivity index (χ4v) is 3.32. The molecule has 2 atom stereocenters. The quantitative estimate of drug-likeness (QED) is 0.820. The molecular weight excluding hydrogens is 232 g/mol. The minimum atomic E-state index is -0.777. The van der Waals surface area contributed by atoms with Gasteiger partial charge in [0.1, 0.15) is 0 Å². The highest BCUT2D eigenvalue weighted by Gasteiger charge is 2.34. The van der Waals surface area contributed by atoms with Crippen LogP contribution in [-0.2, 0) is 11.3 Å². The molecule has 96 valence electrons. The molecule has 2 aliphatic rings. The van der Waals surface area contributed by atoms with Gasteiger partial charge in [-0.05, 0) is 18.4 Å². The lowest BCUT2D eigenvalue weighted by Crippen LogP contribution is -2.48. The van der Waals surface area contributed by atoms with Crippen LogP contribution >= 0.6 is 0 Å². The average molecular weight is 248 g/mol. The molecule has 1 saturated heterocycles. The van der Waals surface area contributed by atoms with E-state index in [1.807, 2.05) is 15.5 Å². The molecule has 2 bridgehead atoms. The third-order valence-electron chi connectivity index (χ3n) is 3.91. The second-order valence-electron chi connectivity index (χ2n) is 5.29. The molecule has 5 nitrogen and oxygen atoms in total. The predicted molar refractivity (Wildman–Crippen MR) is 65.6 cm³/mol. The van der Waals surface area contributed by atoms with Crippen molar-refractivity contribution in [3.8, 4) is 0 Å². The molecule has 0 amide bonds. The minimum Gasteiger partial charge on any atom is -0.480 e. The van der Waals surface area contributed by atoms with Gasteiger partial charge in [-0.3, -0.25) is 14.5 Å². The summed E-state index contributed by atoms with van der Waals surface area (Å²) < 4.78 is 1.86. The average Bonchev–Trinajstić information content (AvgIpc) is 2.29. The third-order valence-corrected chi connectivity index (χ3v) is 3.91. The Morgan fingerprint density at radius 2 is 2.17 bits per heavy atom. The Balaban J connectivity index is 1.90. The molecular formula is C13H16N2O3. The SMILES string of the molecule is O=C(O)CN1C[C@H]2C[C@H](C1)c1cccc(=O)n1C2. The van der Waals surface area contributed by atoms with Gasteiger partial charge < -0.3 is 9.67 Å². The molecule has 0 saturated carbocycles. The summed E-state index contributed by atoms with van der Waals surface area (Å²) in [5, 5.41) is 8.87. The van der Waals surface area contributed by atoms with Gasteiger partial charge in [0.05, 0.1) is 6.54 Å². The van der Waals surface area contributed by atoms with Crippen molar-refractivity contribution in [2.24, 2.45) is 5.92 Å². The molecule has 18 heavy (non-hydrogen) atoms. The Morgan fingerprint density at radius 3 is 2.94 bits per heavy atom. The molecule has 1 aromatic rings. The number of hydrogen-bond donors (Lipinski definition) is 1. The summed E-state index contributed by atoms with van der Waals surface area (Å²) >= 11 is 0. The Hall–Kier alpha value is -1.62. The normalized spacial score (nSPS) is 26.7. The van der Waals surface area contributed by atoms with Crippen LogP contribution in [0.25, 0.3) is 0 Å². The highest BCUT2D eigenvalue weighted by Crippen LogP contribution is 2.34. The lowest BCUT2D eigenvalue weighted by molar-refractivity contribution is -0.139. The van der Waals surface area contributed by atoms with Gasteiger partial charge in [-0.25, -0.2) is 0 Å². The molecule has 0 aromatic carbocycles. The van der Waals surface area contributed by atoms with E-state index in [0.29, 0.717) is 11.8 Å². The van der Waals surface area contributed by atoms with Crippen LogP contribution in [0.3, 0.4) is 0 Å². The van der Waals surface area contributed by atoms with E-state index < -0.39 is 5.97 Å². The number of pyridine rings is 1. The monoisotopic (exact) mass is 248 g/mol. The van der Waals surface area contributed by atoms with E-state index in [4.69, 9.17) is 5.11 Å². The first kappa shape index (κ1) is 11.5. The Morgan fingerprint density at radius 1 is 1.33 bits per heavy atom. The maximum Gasteiger partial charge on any atom is 0.317 e. The van der Waals surface area contributed by atoms with E-state index >= 15 is 0 Å². The zero-order valence-electron chi connectivity index (χ0n) is 10.1. The Bertz CT molecular complexity index is 537. The van der Waals surface area contributed by atoms with Gasteiger partial charge in [0, 0.05) is 37.3 Å². The van der Waals surface area contributed by atoms with Gasteiger partial charge in [-0.2, -0.15) is 0 Å². The molecule has 1 fully saturated rings. The fourth-order valence-electron chi connectivity index (χ4n) is 3.32. The topological polar surface area (TPSA) is 62.5 Å². The Kier molecular flexibility index (Phi) is 2.70. The van der Waals surface area contributed by atoms with Crippen molar-refractivity contribution < 1.29 is 9.90 Å². The molecule has 1 aromatic heterocycles. The number of carbonyl (C=O) groups is 1. The number of aliphatic carboxylic acids is 1. The number of carboxylic acid groups (broad SMARTS) is 1. The number of aromatic nitrogens is 1. The number of carboxylic acids is 1. The molecule has 2 aliphatic heterocycles. The number of rotatable bonds is 2. The minimum absolute atomic E-state index is 0.0638. The first-order chi connectivity index (χ1) is 8.63. The highest BCUT2D eigenvalue weighted by molar-refractivity contribution is 5.69. The van der Waals surface area contributed by atoms with Crippen LogP contribution in [0.1, 0.15) is 18.0 Å². The van der Waals surface area contributed by atoms with Crippen LogP contribution in [0.2, 0.25) is 0 Å². The molecule has 3 rings (SSSR count). The van der Waals surface area contributed by atoms with Crippen LogP contribution in [0.4, 0.5) is 0 Å². The van der Waals surface area contributed by atoms with Crippen LogP contribution in [0, 0.1) is 5.92 Å². The standard InChI is InChI=1S/C13H16N2O3/c16-12-3-1-2-11-10-4-9(6-15(11)12)5-14(7-10)8-13(17)18/h1-3,9-10H,4-8H2,(H,17,18)/t9-,10-/m1/s1. The number of nitrogens with zero attached hydrogens (tertiary/aromatic N) is 2. The van der Waals surface area contributed by atoms with Crippen molar-refractivity contribution in [1.82, 2.24) is 9.47 Å². The van der Waals surface area contributed by atoms with Gasteiger partial charge >= 0.3 is 5.97 Å². The van der Waals surface area contributed by atoms with Gasteiger partial charge in [0.15, 0.2) is 0 Å². The van der Waals surface area contributed by atoms with Gasteiger partial charge in [0.2, 0.25) is 0 Å². The Labute approximate surface area is 105 Å². The van der Waals surface area contributed by atoms with E-state index in [0.717, 1.165) is 31.7 Å². The maximum atomic E-state index is 11.8. The number of fused-ring (bicyclic) bond motifs is 4. The van der Waals surface area contributed by atoms with E-state index in [1.165, 1.54) is 0 Å². The van der Waals surface area contributed by atoms with Crippen LogP contribution in [0.15, 0.2) is 23.0 Å². The summed E-state index contributed by atoms with van der Waals surface area (Å²) in [4.78, 5) is 24.6. The lowest BCUT2D eigenvalue weighted by Gasteiger charge is -2.42. The number of likely N-dealkylation sites (tertiary alicyclic amines) is 1. The van der Waals surface area contributed by atoms with E-state index in [-0.39, 0.29) is 12.1 Å². The zero-order chi connectivity index (χ0) is 12.7. The largest absolute Gasteiger partial charge is 0.480 e. The van der Waals surface area contributed by atoms with Crippen molar-refractivity contribution in [2.45, 2.75) is 18.9 Å². The molecule has 0 unspecified atom stereocenters. The molecule has 0 aliphatic carbocycles. The molecule has 5 heteroatoms. The second kappa shape index (κ2) is 4.24. The summed E-state index contributed by atoms with van der Waals surface area (Å²) in [6, 6.07) is 5.39. The smallest absolute Gasteiger partial charge is 0.317 e. The number of hydrogen-bond acceptors (Lipinski definition) is 3. The van der Waals surface area contributed by atoms with Gasteiger partial charge in [-0.15, -0.1) is 0 Å². The summed E-state index contributed by atoms with van der Waals surface area (Å²) in [7, 11) is 0. The maximum absolute atomic E-state index is 11.8. The molecule has 0 radical (unpaired) electrons. The molecule has 0 spiro atoms. The summed E-state index contributed by atoms with van der Waals surface area (Å²) in [6.45, 7) is 2.35. The van der Waals surface area contributed by atoms with Crippen molar-refractivity contribution >= 4 is 5.97 Å². The second-order valence-corrected chi connectivity index (χ2v) is 5.29. The summed E-state index contributed by atoms with van der Waals surface area (Å²) in [5.41, 5.74) is 1.13. The first-order valence-corrected chi connectivity index (χ1v) is 6.27. The molecule has 3 heterocycles. The highest BCUT2D eigenvalue weighted by atomic mass is 16.4. The van der Waals surface area contributed by atoms with Crippen molar-refractivity contribution in [2.75, 3.05) is 19.6 Å². The molecule has 1 N–H and O–H groups in total. The van der Waals surface area contributed by atoms with Crippen LogP contribution in [0.5, 0.6) is 0 Å². The van der Waals surface area contributed by atoms with E-state index in [1.54, 1.807) is 12.1 Å². The van der Waals surface area contributed by atoms with Crippen molar-refractivity contribution in [3.05, 3.63) is 34.2 Å². The van der Waals surface area contributed by atoms with Crippen molar-refractivity contribution in [1.29, 1.82) is 0 Å². The summed E-state index contributed by atoms with van der Waals surface area (Å²) in [6.07, 6.45) is 1.07. The number of piperidine rings is 1. The van der Waals surface area contributed by atoms with Gasteiger partial charge in [0.25, 0.3) is 5.56 Å². The van der Waals surface area contributed by atoms with Crippen LogP contribution in [-0.4, -0.2) is 40.2 Å². The lowest BCUT2D eigenvalue weighted by atomic mass is 9.83. The third kappa shape index (κ3) is 1.95. The predicted octanol–water partition coefficient (Wildman–Crippen LogP) is 0.352. The van der Waals surface area contributed by atoms with E-state index in [2.05, 4.69) is 0 Å². The summed E-state index contributed by atoms with van der Waals surface area (Å²) in [5.74, 6) is -0.0816. The van der Waals surface area contributed by atoms with Crippen LogP contribution < -0.4 is 5.56 Å². The zero-order valence-corrected chi connectivity index (χ0v) is 10.1. The van der Waals surface area contributed by atoms with E-state index in [9.17, 15) is 9.59 Å². The van der Waals surface area contributed by atoms with Gasteiger partial charge in [-0.1, -0.05) is 6.07 Å². The fraction of sp³-hybridized carbons (Fsp3) is 0.538. The first-order valence-electron chi connectivity index (χ1n) is 6.27.